The van der Waals surface area contributed by atoms with E-state index in [0.29, 0.717) is 17.0 Å². The van der Waals surface area contributed by atoms with Gasteiger partial charge in [0.2, 0.25) is 0 Å². The molecule has 0 spiro atoms. The van der Waals surface area contributed by atoms with Gasteiger partial charge >= 0.3 is 0 Å². The molecular weight excluding hydrogens is 226 g/mol. The summed E-state index contributed by atoms with van der Waals surface area (Å²) < 4.78 is 0. The van der Waals surface area contributed by atoms with E-state index in [1.807, 2.05) is 13.8 Å². The Morgan fingerprint density at radius 1 is 1.44 bits per heavy atom. The Morgan fingerprint density at radius 3 is 2.72 bits per heavy atom. The Morgan fingerprint density at radius 2 is 2.17 bits per heavy atom. The molecule has 1 heterocycles. The summed E-state index contributed by atoms with van der Waals surface area (Å²) in [5.41, 5.74) is 2.68. The van der Waals surface area contributed by atoms with Crippen molar-refractivity contribution in [3.63, 3.8) is 0 Å². The predicted octanol–water partition coefficient (Wildman–Crippen LogP) is 2.73. The highest BCUT2D eigenvalue weighted by Crippen LogP contribution is 2.35. The second kappa shape index (κ2) is 4.75. The Hall–Kier alpha value is -1.32. The number of carbonyl (C=O) groups excluding carboxylic acids is 1. The average Bonchev–Trinajstić information content (AvgIpc) is 2.57. The molecule has 1 atom stereocenters. The molecule has 0 saturated heterocycles. The number of hydrogen-bond donors (Lipinski definition) is 2. The van der Waals surface area contributed by atoms with E-state index in [-0.39, 0.29) is 5.91 Å². The van der Waals surface area contributed by atoms with Gasteiger partial charge in [-0.3, -0.25) is 9.89 Å². The van der Waals surface area contributed by atoms with Crippen LogP contribution in [0.3, 0.4) is 0 Å². The minimum Gasteiger partial charge on any atom is -0.349 e. The molecule has 2 N–H and O–H groups in total. The average molecular weight is 249 g/mol. The highest BCUT2D eigenvalue weighted by atomic mass is 16.1. The Balaban J connectivity index is 2.04. The molecule has 1 aromatic rings. The fourth-order valence-electron chi connectivity index (χ4n) is 2.96. The summed E-state index contributed by atoms with van der Waals surface area (Å²) in [6.07, 6.45) is 4.60. The van der Waals surface area contributed by atoms with Crippen LogP contribution < -0.4 is 5.32 Å². The zero-order valence-electron chi connectivity index (χ0n) is 11.8. The molecule has 1 fully saturated rings. The molecule has 1 unspecified atom stereocenters. The molecule has 1 amide bonds. The van der Waals surface area contributed by atoms with Crippen molar-refractivity contribution in [3.8, 4) is 0 Å². The second-order valence-corrected chi connectivity index (χ2v) is 6.24. The monoisotopic (exact) mass is 249 g/mol. The van der Waals surface area contributed by atoms with E-state index in [1.54, 1.807) is 0 Å². The molecule has 1 saturated carbocycles. The molecular formula is C14H23N3O. The normalized spacial score (nSPS) is 22.8. The lowest BCUT2D eigenvalue weighted by Gasteiger charge is -2.35. The van der Waals surface area contributed by atoms with Gasteiger partial charge < -0.3 is 5.32 Å². The van der Waals surface area contributed by atoms with Crippen molar-refractivity contribution in [1.29, 1.82) is 0 Å². The van der Waals surface area contributed by atoms with Crippen LogP contribution in [0.5, 0.6) is 0 Å². The van der Waals surface area contributed by atoms with Gasteiger partial charge in [-0.15, -0.1) is 0 Å². The fourth-order valence-corrected chi connectivity index (χ4v) is 2.96. The molecule has 1 aliphatic rings. The first-order valence-corrected chi connectivity index (χ1v) is 6.71. The topological polar surface area (TPSA) is 57.8 Å². The summed E-state index contributed by atoms with van der Waals surface area (Å²) in [5, 5.41) is 10.1. The van der Waals surface area contributed by atoms with Crippen molar-refractivity contribution in [3.05, 3.63) is 17.0 Å². The van der Waals surface area contributed by atoms with Crippen LogP contribution in [0.1, 0.15) is 61.3 Å². The van der Waals surface area contributed by atoms with E-state index in [9.17, 15) is 4.79 Å². The number of H-pyrrole nitrogens is 1. The smallest absolute Gasteiger partial charge is 0.255 e. The number of rotatable bonds is 2. The Labute approximate surface area is 109 Å². The summed E-state index contributed by atoms with van der Waals surface area (Å²) in [7, 11) is 0. The lowest BCUT2D eigenvalue weighted by atomic mass is 9.75. The predicted molar refractivity (Wildman–Crippen MR) is 71.6 cm³/mol. The van der Waals surface area contributed by atoms with E-state index in [1.165, 1.54) is 12.8 Å². The zero-order valence-corrected chi connectivity index (χ0v) is 11.8. The van der Waals surface area contributed by atoms with Gasteiger partial charge in [-0.05, 0) is 38.5 Å². The fraction of sp³-hybridized carbons (Fsp3) is 0.714. The van der Waals surface area contributed by atoms with Gasteiger partial charge in [0.15, 0.2) is 0 Å². The molecule has 1 aromatic heterocycles. The Bertz CT molecular complexity index is 428. The second-order valence-electron chi connectivity index (χ2n) is 6.24. The van der Waals surface area contributed by atoms with Crippen molar-refractivity contribution >= 4 is 5.91 Å². The number of aromatic amines is 1. The third-order valence-electron chi connectivity index (χ3n) is 3.90. The van der Waals surface area contributed by atoms with Crippen LogP contribution in [-0.4, -0.2) is 22.1 Å². The molecule has 0 radical (unpaired) electrons. The SMILES string of the molecule is Cc1n[nH]c(C)c1C(=O)NC1CCCC(C)(C)C1. The highest BCUT2D eigenvalue weighted by molar-refractivity contribution is 5.96. The van der Waals surface area contributed by atoms with E-state index in [0.717, 1.165) is 24.2 Å². The standard InChI is InChI=1S/C14H23N3O/c1-9-12(10(2)17-16-9)13(18)15-11-6-5-7-14(3,4)8-11/h11H,5-8H2,1-4H3,(H,15,18)(H,16,17). The third kappa shape index (κ3) is 2.74. The number of aromatic nitrogens is 2. The zero-order chi connectivity index (χ0) is 13.3. The minimum atomic E-state index is 0.0152. The van der Waals surface area contributed by atoms with Gasteiger partial charge in [0.25, 0.3) is 5.91 Å². The van der Waals surface area contributed by atoms with Crippen LogP contribution in [0.4, 0.5) is 0 Å². The summed E-state index contributed by atoms with van der Waals surface area (Å²) in [5.74, 6) is 0.0152. The molecule has 2 rings (SSSR count). The molecule has 0 bridgehead atoms. The highest BCUT2D eigenvalue weighted by Gasteiger charge is 2.29. The van der Waals surface area contributed by atoms with E-state index in [4.69, 9.17) is 0 Å². The van der Waals surface area contributed by atoms with Gasteiger partial charge in [0.05, 0.1) is 11.3 Å². The number of aryl methyl sites for hydroxylation is 2. The summed E-state index contributed by atoms with van der Waals surface area (Å²) in [4.78, 5) is 12.3. The van der Waals surface area contributed by atoms with Crippen molar-refractivity contribution in [1.82, 2.24) is 15.5 Å². The number of hydrogen-bond acceptors (Lipinski definition) is 2. The molecule has 1 aliphatic carbocycles. The maximum absolute atomic E-state index is 12.3. The van der Waals surface area contributed by atoms with Crippen LogP contribution in [0.15, 0.2) is 0 Å². The van der Waals surface area contributed by atoms with Crippen LogP contribution >= 0.6 is 0 Å². The quantitative estimate of drug-likeness (QED) is 0.846. The van der Waals surface area contributed by atoms with Gasteiger partial charge in [-0.25, -0.2) is 0 Å². The minimum absolute atomic E-state index is 0.0152. The van der Waals surface area contributed by atoms with Gasteiger partial charge in [-0.2, -0.15) is 5.10 Å². The molecule has 18 heavy (non-hydrogen) atoms. The number of nitrogens with zero attached hydrogens (tertiary/aromatic N) is 1. The van der Waals surface area contributed by atoms with Crippen LogP contribution in [0.25, 0.3) is 0 Å². The first-order chi connectivity index (χ1) is 8.39. The van der Waals surface area contributed by atoms with Crippen molar-refractivity contribution in [2.45, 2.75) is 59.4 Å². The van der Waals surface area contributed by atoms with Crippen molar-refractivity contribution in [2.75, 3.05) is 0 Å². The number of carbonyl (C=O) groups is 1. The lowest BCUT2D eigenvalue weighted by molar-refractivity contribution is 0.0901. The molecule has 100 valence electrons. The maximum Gasteiger partial charge on any atom is 0.255 e. The van der Waals surface area contributed by atoms with E-state index in [2.05, 4.69) is 29.4 Å². The molecule has 4 nitrogen and oxygen atoms in total. The van der Waals surface area contributed by atoms with Gasteiger partial charge in [0, 0.05) is 11.7 Å². The van der Waals surface area contributed by atoms with Crippen LogP contribution in [-0.2, 0) is 0 Å². The lowest BCUT2D eigenvalue weighted by Crippen LogP contribution is -2.41. The van der Waals surface area contributed by atoms with Gasteiger partial charge in [0.1, 0.15) is 0 Å². The first-order valence-electron chi connectivity index (χ1n) is 6.71. The number of amides is 1. The molecule has 0 aliphatic heterocycles. The number of nitrogens with one attached hydrogen (secondary N) is 2. The summed E-state index contributed by atoms with van der Waals surface area (Å²) >= 11 is 0. The summed E-state index contributed by atoms with van der Waals surface area (Å²) in [6.45, 7) is 8.31. The largest absolute Gasteiger partial charge is 0.349 e. The van der Waals surface area contributed by atoms with E-state index >= 15 is 0 Å². The van der Waals surface area contributed by atoms with E-state index < -0.39 is 0 Å². The Kier molecular flexibility index (Phi) is 3.46. The van der Waals surface area contributed by atoms with Crippen molar-refractivity contribution in [2.24, 2.45) is 5.41 Å². The van der Waals surface area contributed by atoms with Gasteiger partial charge in [-0.1, -0.05) is 20.3 Å². The first kappa shape index (κ1) is 13.1. The molecule has 0 aromatic carbocycles. The third-order valence-corrected chi connectivity index (χ3v) is 3.90. The maximum atomic E-state index is 12.3. The van der Waals surface area contributed by atoms with Crippen LogP contribution in [0.2, 0.25) is 0 Å². The van der Waals surface area contributed by atoms with Crippen LogP contribution in [0, 0.1) is 19.3 Å². The summed E-state index contributed by atoms with van der Waals surface area (Å²) in [6, 6.07) is 0.301. The molecule has 4 heteroatoms. The van der Waals surface area contributed by atoms with Crippen molar-refractivity contribution < 1.29 is 4.79 Å².